The Hall–Kier alpha value is -2.54. The van der Waals surface area contributed by atoms with Crippen LogP contribution in [-0.4, -0.2) is 7.05 Å². The number of hydrogen-bond donors (Lipinski definition) is 0. The van der Waals surface area contributed by atoms with Gasteiger partial charge in [0.2, 0.25) is 0 Å². The Morgan fingerprint density at radius 3 is 1.83 bits per heavy atom. The van der Waals surface area contributed by atoms with Crippen molar-refractivity contribution in [1.29, 1.82) is 0 Å². The van der Waals surface area contributed by atoms with Crippen molar-refractivity contribution in [3.8, 4) is 11.1 Å². The van der Waals surface area contributed by atoms with Crippen LogP contribution >= 0.6 is 0 Å². The molecule has 188 valence electrons. The van der Waals surface area contributed by atoms with Crippen LogP contribution in [0.25, 0.3) is 11.1 Å². The monoisotopic (exact) mass is 469 g/mol. The van der Waals surface area contributed by atoms with Crippen molar-refractivity contribution < 1.29 is 0 Å². The van der Waals surface area contributed by atoms with Crippen LogP contribution in [0, 0.1) is 6.92 Å². The molecule has 35 heavy (non-hydrogen) atoms. The smallest absolute Gasteiger partial charge is 0.0411 e. The molecule has 0 radical (unpaired) electrons. The van der Waals surface area contributed by atoms with E-state index in [0.29, 0.717) is 0 Å². The quantitative estimate of drug-likeness (QED) is 0.238. The molecule has 0 aromatic heterocycles. The predicted molar refractivity (Wildman–Crippen MR) is 156 cm³/mol. The molecule has 0 atom stereocenters. The number of anilines is 2. The Morgan fingerprint density at radius 2 is 1.20 bits per heavy atom. The summed E-state index contributed by atoms with van der Waals surface area (Å²) in [6.45, 7) is 6.78. The van der Waals surface area contributed by atoms with Gasteiger partial charge in [-0.1, -0.05) is 121 Å². The van der Waals surface area contributed by atoms with Gasteiger partial charge in [-0.3, -0.25) is 0 Å². The maximum atomic E-state index is 2.52. The van der Waals surface area contributed by atoms with Gasteiger partial charge in [0.25, 0.3) is 0 Å². The molecule has 3 aromatic rings. The van der Waals surface area contributed by atoms with Crippen molar-refractivity contribution in [2.45, 2.75) is 97.8 Å². The molecule has 0 N–H and O–H groups in total. The van der Waals surface area contributed by atoms with Crippen molar-refractivity contribution in [2.24, 2.45) is 0 Å². The number of aryl methyl sites for hydroxylation is 1. The molecule has 1 heteroatoms. The molecule has 0 saturated carbocycles. The highest BCUT2D eigenvalue weighted by Crippen LogP contribution is 2.55. The third-order valence-electron chi connectivity index (χ3n) is 7.97. The second kappa shape index (κ2) is 12.4. The van der Waals surface area contributed by atoms with E-state index in [4.69, 9.17) is 0 Å². The zero-order valence-corrected chi connectivity index (χ0v) is 21.9. The molecule has 0 aliphatic heterocycles. The summed E-state index contributed by atoms with van der Waals surface area (Å²) in [5, 5.41) is 0. The summed E-state index contributed by atoms with van der Waals surface area (Å²) in [5.41, 5.74) is 10.1. The molecule has 0 heterocycles. The number of nitrogens with zero attached hydrogens (tertiary/aromatic N) is 1. The van der Waals surface area contributed by atoms with E-state index in [1.54, 1.807) is 11.1 Å². The summed E-state index contributed by atoms with van der Waals surface area (Å²) in [6.07, 6.45) is 13.1. The molecule has 1 nitrogen and oxygen atoms in total. The van der Waals surface area contributed by atoms with E-state index < -0.39 is 0 Å². The van der Waals surface area contributed by atoms with E-state index in [1.807, 2.05) is 0 Å². The first-order valence-corrected chi connectivity index (χ1v) is 13.7. The number of unbranched alkanes of at least 4 members (excludes halogenated alkanes) is 6. The van der Waals surface area contributed by atoms with Crippen molar-refractivity contribution >= 4 is 11.4 Å². The number of hydrogen-bond acceptors (Lipinski definition) is 1. The van der Waals surface area contributed by atoms with Gasteiger partial charge >= 0.3 is 0 Å². The molecule has 0 fully saturated rings. The Morgan fingerprint density at radius 1 is 0.629 bits per heavy atom. The second-order valence-electron chi connectivity index (χ2n) is 10.4. The van der Waals surface area contributed by atoms with Crippen molar-refractivity contribution in [1.82, 2.24) is 0 Å². The lowest BCUT2D eigenvalue weighted by Crippen LogP contribution is -2.26. The predicted octanol–water partition coefficient (Wildman–Crippen LogP) is 10.6. The number of rotatable bonds is 12. The van der Waals surface area contributed by atoms with E-state index in [-0.39, 0.29) is 12.8 Å². The zero-order chi connectivity index (χ0) is 24.0. The Kier molecular flexibility index (Phi) is 9.61. The maximum Gasteiger partial charge on any atom is 0.0411 e. The van der Waals surface area contributed by atoms with Crippen LogP contribution in [0.15, 0.2) is 66.7 Å². The van der Waals surface area contributed by atoms with E-state index in [0.717, 1.165) is 0 Å². The lowest BCUT2D eigenvalue weighted by atomic mass is 9.70. The normalized spacial score (nSPS) is 13.1. The lowest BCUT2D eigenvalue weighted by Gasteiger charge is -2.33. The third kappa shape index (κ3) is 5.66. The first kappa shape index (κ1) is 27.1. The van der Waals surface area contributed by atoms with Crippen LogP contribution in [0.5, 0.6) is 0 Å². The summed E-state index contributed by atoms with van der Waals surface area (Å²) in [4.78, 5) is 2.35. The number of benzene rings is 3. The Balaban J connectivity index is 0.00000342. The van der Waals surface area contributed by atoms with Crippen LogP contribution in [0.3, 0.4) is 0 Å². The van der Waals surface area contributed by atoms with Gasteiger partial charge in [-0.15, -0.1) is 0 Å². The highest BCUT2D eigenvalue weighted by Gasteiger charge is 2.42. The summed E-state index contributed by atoms with van der Waals surface area (Å²) in [6, 6.07) is 25.4. The lowest BCUT2D eigenvalue weighted by molar-refractivity contribution is 0.401. The van der Waals surface area contributed by atoms with Gasteiger partial charge in [0.05, 0.1) is 0 Å². The highest BCUT2D eigenvalue weighted by atomic mass is 15.1. The van der Waals surface area contributed by atoms with Crippen molar-refractivity contribution in [2.75, 3.05) is 11.9 Å². The standard InChI is InChI=1S/C33H43N.CH4/c1-5-7-9-13-23-33(24-14-10-8-6-2)31-16-12-11-15-29(31)30-22-21-28(25-32(30)33)34(4)27-19-17-26(3)18-20-27;/h11-12,15-22,25H,5-10,13-14,23-24H2,1-4H3;1H4. The molecular weight excluding hydrogens is 422 g/mol. The summed E-state index contributed by atoms with van der Waals surface area (Å²) in [5.74, 6) is 0. The van der Waals surface area contributed by atoms with Crippen LogP contribution in [0.1, 0.15) is 102 Å². The van der Waals surface area contributed by atoms with Crippen LogP contribution in [0.2, 0.25) is 0 Å². The molecular formula is C34H47N. The maximum absolute atomic E-state index is 2.52. The molecule has 0 unspecified atom stereocenters. The van der Waals surface area contributed by atoms with Gasteiger partial charge in [0.15, 0.2) is 0 Å². The minimum atomic E-state index is 0. The van der Waals surface area contributed by atoms with Gasteiger partial charge in [0, 0.05) is 23.8 Å². The topological polar surface area (TPSA) is 3.24 Å². The third-order valence-corrected chi connectivity index (χ3v) is 7.97. The van der Waals surface area contributed by atoms with Crippen LogP contribution in [-0.2, 0) is 5.41 Å². The largest absolute Gasteiger partial charge is 0.345 e. The molecule has 1 aliphatic rings. The van der Waals surface area contributed by atoms with Crippen LogP contribution in [0.4, 0.5) is 11.4 Å². The first-order valence-electron chi connectivity index (χ1n) is 13.7. The Bertz CT molecular complexity index is 1050. The number of fused-ring (bicyclic) bond motifs is 3. The average Bonchev–Trinajstić information content (AvgIpc) is 3.14. The molecule has 0 spiro atoms. The van der Waals surface area contributed by atoms with Gasteiger partial charge in [-0.05, 0) is 66.3 Å². The minimum Gasteiger partial charge on any atom is -0.345 e. The molecule has 0 amide bonds. The minimum absolute atomic E-state index is 0. The molecule has 1 aliphatic carbocycles. The van der Waals surface area contributed by atoms with Crippen molar-refractivity contribution in [3.63, 3.8) is 0 Å². The zero-order valence-electron chi connectivity index (χ0n) is 21.9. The fourth-order valence-electron chi connectivity index (χ4n) is 5.94. The van der Waals surface area contributed by atoms with E-state index in [1.165, 1.54) is 92.3 Å². The summed E-state index contributed by atoms with van der Waals surface area (Å²) < 4.78 is 0. The molecule has 0 saturated heterocycles. The van der Waals surface area contributed by atoms with Gasteiger partial charge in [-0.2, -0.15) is 0 Å². The van der Waals surface area contributed by atoms with Crippen molar-refractivity contribution in [3.05, 3.63) is 83.4 Å². The summed E-state index contributed by atoms with van der Waals surface area (Å²) in [7, 11) is 2.21. The molecule has 3 aromatic carbocycles. The van der Waals surface area contributed by atoms with E-state index in [2.05, 4.69) is 99.4 Å². The van der Waals surface area contributed by atoms with E-state index in [9.17, 15) is 0 Å². The summed E-state index contributed by atoms with van der Waals surface area (Å²) >= 11 is 0. The fourth-order valence-corrected chi connectivity index (χ4v) is 5.94. The first-order chi connectivity index (χ1) is 16.6. The molecule has 0 bridgehead atoms. The second-order valence-corrected chi connectivity index (χ2v) is 10.4. The van der Waals surface area contributed by atoms with E-state index >= 15 is 0 Å². The molecule has 4 rings (SSSR count). The average molecular weight is 470 g/mol. The van der Waals surface area contributed by atoms with Gasteiger partial charge in [0.1, 0.15) is 0 Å². The fraction of sp³-hybridized carbons (Fsp3) is 0.471. The van der Waals surface area contributed by atoms with Gasteiger partial charge < -0.3 is 4.90 Å². The highest BCUT2D eigenvalue weighted by molar-refractivity contribution is 5.83. The SMILES string of the molecule is C.CCCCCCC1(CCCCCC)c2ccccc2-c2ccc(N(C)c3ccc(C)cc3)cc21. The van der Waals surface area contributed by atoms with Crippen LogP contribution < -0.4 is 4.90 Å². The van der Waals surface area contributed by atoms with Gasteiger partial charge in [-0.25, -0.2) is 0 Å². The Labute approximate surface area is 215 Å².